The van der Waals surface area contributed by atoms with Crippen LogP contribution in [-0.2, 0) is 20.8 Å². The SMILES string of the molecule is C[Si]C.Cc1cc2c(-c3ccccc3)c(C)cc(C)c2[cH-]1.Cc1ccc2cc(C(C)C)[cH-]c2c1.[Cl][Zr+2][Cl]. The first kappa shape index (κ1) is 31.8. The van der Waals surface area contributed by atoms with Crippen LogP contribution >= 0.6 is 17.0 Å². The molecule has 0 amide bonds. The average molecular weight is 625 g/mol. The van der Waals surface area contributed by atoms with Crippen molar-refractivity contribution in [2.45, 2.75) is 60.6 Å². The van der Waals surface area contributed by atoms with Gasteiger partial charge in [0.05, 0.1) is 0 Å². The molecule has 192 valence electrons. The summed E-state index contributed by atoms with van der Waals surface area (Å²) >= 11 is -0.826. The van der Waals surface area contributed by atoms with Crippen molar-refractivity contribution in [3.05, 3.63) is 107 Å². The minimum absolute atomic E-state index is 0.632. The second-order valence-corrected chi connectivity index (χ2v) is 14.5. The first-order valence-electron chi connectivity index (χ1n) is 12.6. The van der Waals surface area contributed by atoms with Crippen molar-refractivity contribution >= 4 is 48.1 Å². The van der Waals surface area contributed by atoms with Crippen molar-refractivity contribution in [2.24, 2.45) is 0 Å². The topological polar surface area (TPSA) is 0 Å². The summed E-state index contributed by atoms with van der Waals surface area (Å²) in [6, 6.07) is 28.8. The predicted octanol–water partition coefficient (Wildman–Crippen LogP) is 11.3. The second kappa shape index (κ2) is 15.8. The third kappa shape index (κ3) is 9.07. The van der Waals surface area contributed by atoms with Crippen molar-refractivity contribution in [1.29, 1.82) is 0 Å². The molecule has 0 aliphatic carbocycles. The molecule has 0 aliphatic heterocycles. The number of hydrogen-bond donors (Lipinski definition) is 0. The Labute approximate surface area is 245 Å². The third-order valence-corrected chi connectivity index (χ3v) is 6.17. The van der Waals surface area contributed by atoms with E-state index in [1.807, 2.05) is 0 Å². The average Bonchev–Trinajstić information content (AvgIpc) is 3.45. The fraction of sp³-hybridized carbons (Fsp3) is 0.273. The molecular formula is C33H38Cl2SiZr. The van der Waals surface area contributed by atoms with Gasteiger partial charge in [-0.2, -0.15) is 12.1 Å². The minimum atomic E-state index is -0.826. The van der Waals surface area contributed by atoms with Gasteiger partial charge in [0.2, 0.25) is 0 Å². The van der Waals surface area contributed by atoms with Gasteiger partial charge in [-0.15, -0.1) is 62.5 Å². The third-order valence-electron chi connectivity index (χ3n) is 6.17. The van der Waals surface area contributed by atoms with Crippen molar-refractivity contribution in [3.8, 4) is 11.1 Å². The molecule has 0 saturated carbocycles. The Hall–Kier alpha value is -1.44. The summed E-state index contributed by atoms with van der Waals surface area (Å²) in [5.74, 6) is 0.632. The van der Waals surface area contributed by atoms with Gasteiger partial charge < -0.3 is 0 Å². The molecule has 0 N–H and O–H groups in total. The quantitative estimate of drug-likeness (QED) is 0.135. The van der Waals surface area contributed by atoms with Crippen LogP contribution in [0, 0.1) is 27.7 Å². The van der Waals surface area contributed by atoms with Gasteiger partial charge in [-0.1, -0.05) is 99.9 Å². The van der Waals surface area contributed by atoms with E-state index < -0.39 is 20.8 Å². The van der Waals surface area contributed by atoms with Gasteiger partial charge in [0, 0.05) is 9.52 Å². The molecular weight excluding hydrogens is 587 g/mol. The van der Waals surface area contributed by atoms with E-state index >= 15 is 0 Å². The van der Waals surface area contributed by atoms with Crippen LogP contribution in [0.4, 0.5) is 0 Å². The first-order valence-corrected chi connectivity index (χ1v) is 20.9. The van der Waals surface area contributed by atoms with E-state index in [9.17, 15) is 0 Å². The van der Waals surface area contributed by atoms with E-state index in [-0.39, 0.29) is 0 Å². The van der Waals surface area contributed by atoms with Crippen molar-refractivity contribution in [2.75, 3.05) is 0 Å². The van der Waals surface area contributed by atoms with Crippen LogP contribution in [0.5, 0.6) is 0 Å². The molecule has 2 radical (unpaired) electrons. The van der Waals surface area contributed by atoms with Gasteiger partial charge in [0.25, 0.3) is 0 Å². The molecule has 0 nitrogen and oxygen atoms in total. The molecule has 5 aromatic carbocycles. The van der Waals surface area contributed by atoms with Crippen LogP contribution in [0.3, 0.4) is 0 Å². The molecule has 0 bridgehead atoms. The molecule has 0 saturated heterocycles. The maximum atomic E-state index is 4.93. The first-order chi connectivity index (χ1) is 17.7. The van der Waals surface area contributed by atoms with Crippen LogP contribution < -0.4 is 0 Å². The van der Waals surface area contributed by atoms with Crippen molar-refractivity contribution < 1.29 is 20.8 Å². The number of rotatable bonds is 2. The van der Waals surface area contributed by atoms with Gasteiger partial charge in [0.1, 0.15) is 0 Å². The van der Waals surface area contributed by atoms with Crippen LogP contribution in [0.15, 0.2) is 78.9 Å². The van der Waals surface area contributed by atoms with Crippen LogP contribution in [0.25, 0.3) is 32.7 Å². The Balaban J connectivity index is 0.000000222. The maximum absolute atomic E-state index is 4.93. The summed E-state index contributed by atoms with van der Waals surface area (Å²) in [7, 11) is 11.0. The van der Waals surface area contributed by atoms with E-state index in [0.717, 1.165) is 9.52 Å². The molecule has 5 rings (SSSR count). The summed E-state index contributed by atoms with van der Waals surface area (Å²) < 4.78 is 0. The molecule has 4 heteroatoms. The molecule has 0 aliphatic rings. The molecule has 0 unspecified atom stereocenters. The Morgan fingerprint density at radius 1 is 0.784 bits per heavy atom. The number of hydrogen-bond acceptors (Lipinski definition) is 0. The van der Waals surface area contributed by atoms with Gasteiger partial charge in [-0.05, 0) is 25.3 Å². The fourth-order valence-electron chi connectivity index (χ4n) is 4.55. The van der Waals surface area contributed by atoms with Gasteiger partial charge in [-0.3, -0.25) is 0 Å². The Morgan fingerprint density at radius 3 is 2.00 bits per heavy atom. The van der Waals surface area contributed by atoms with Crippen molar-refractivity contribution in [3.63, 3.8) is 0 Å². The molecule has 0 aromatic heterocycles. The van der Waals surface area contributed by atoms with Crippen LogP contribution in [0.1, 0.15) is 47.6 Å². The van der Waals surface area contributed by atoms with Crippen LogP contribution in [0.2, 0.25) is 13.1 Å². The Bertz CT molecular complexity index is 1380. The second-order valence-electron chi connectivity index (χ2n) is 9.76. The predicted molar refractivity (Wildman–Crippen MR) is 167 cm³/mol. The summed E-state index contributed by atoms with van der Waals surface area (Å²) in [6.45, 7) is 17.5. The number of benzene rings is 3. The van der Waals surface area contributed by atoms with E-state index in [4.69, 9.17) is 17.0 Å². The summed E-state index contributed by atoms with van der Waals surface area (Å²) in [6.07, 6.45) is 0. The number of fused-ring (bicyclic) bond motifs is 2. The molecule has 0 heterocycles. The fourth-order valence-corrected chi connectivity index (χ4v) is 4.55. The standard InChI is InChI=1S/C18H17.C13H15.C2H6Si.2ClH.Zr/c1-12-9-16-13(2)11-14(3)18(17(16)10-12)15-7-5-4-6-8-15;1-9(2)12-7-11-5-4-10(3)6-13(11)8-12;1-3-2;;;/h4-11H,1-3H3;4-9H,1-3H3;1-2H3;2*1H;/q2*-1;;;;+4/p-2. The summed E-state index contributed by atoms with van der Waals surface area (Å²) in [4.78, 5) is 0. The van der Waals surface area contributed by atoms with E-state index in [1.165, 1.54) is 60.5 Å². The van der Waals surface area contributed by atoms with E-state index in [0.29, 0.717) is 5.92 Å². The normalized spacial score (nSPS) is 10.1. The van der Waals surface area contributed by atoms with Gasteiger partial charge in [-0.25, -0.2) is 0 Å². The zero-order valence-corrected chi connectivity index (χ0v) is 28.3. The molecule has 0 fully saturated rings. The molecule has 0 atom stereocenters. The van der Waals surface area contributed by atoms with E-state index in [2.05, 4.69) is 133 Å². The number of halogens is 2. The Kier molecular flexibility index (Phi) is 13.6. The van der Waals surface area contributed by atoms with Crippen molar-refractivity contribution in [1.82, 2.24) is 0 Å². The summed E-state index contributed by atoms with van der Waals surface area (Å²) in [5.41, 5.74) is 9.55. The monoisotopic (exact) mass is 622 g/mol. The van der Waals surface area contributed by atoms with Gasteiger partial charge >= 0.3 is 37.9 Å². The number of aryl methyl sites for hydroxylation is 4. The molecule has 0 spiro atoms. The van der Waals surface area contributed by atoms with Crippen LogP contribution in [-0.4, -0.2) is 9.52 Å². The van der Waals surface area contributed by atoms with Gasteiger partial charge in [0.15, 0.2) is 0 Å². The zero-order valence-electron chi connectivity index (χ0n) is 23.3. The molecule has 37 heavy (non-hydrogen) atoms. The Morgan fingerprint density at radius 2 is 1.41 bits per heavy atom. The molecule has 5 aromatic rings. The zero-order chi connectivity index (χ0) is 27.5. The van der Waals surface area contributed by atoms with E-state index in [1.54, 1.807) is 0 Å². The summed E-state index contributed by atoms with van der Waals surface area (Å²) in [5, 5.41) is 5.52.